The van der Waals surface area contributed by atoms with Crippen molar-refractivity contribution < 1.29 is 23.1 Å². The van der Waals surface area contributed by atoms with Gasteiger partial charge < -0.3 is 18.8 Å². The van der Waals surface area contributed by atoms with Crippen LogP contribution in [0.1, 0.15) is 16.1 Å². The van der Waals surface area contributed by atoms with Gasteiger partial charge in [-0.25, -0.2) is 9.37 Å². The summed E-state index contributed by atoms with van der Waals surface area (Å²) in [6.45, 7) is 0.824. The molecule has 0 radical (unpaired) electrons. The predicted molar refractivity (Wildman–Crippen MR) is 97.2 cm³/mol. The second-order valence-electron chi connectivity index (χ2n) is 5.64. The van der Waals surface area contributed by atoms with Crippen LogP contribution in [-0.2, 0) is 11.3 Å². The molecule has 2 aromatic heterocycles. The molecule has 0 aliphatic heterocycles. The molecule has 27 heavy (non-hydrogen) atoms. The first-order chi connectivity index (χ1) is 13.2. The predicted octanol–water partition coefficient (Wildman–Crippen LogP) is 3.69. The van der Waals surface area contributed by atoms with E-state index in [-0.39, 0.29) is 30.8 Å². The van der Waals surface area contributed by atoms with E-state index in [1.807, 2.05) is 0 Å². The summed E-state index contributed by atoms with van der Waals surface area (Å²) in [6.07, 6.45) is 3.08. The van der Waals surface area contributed by atoms with Crippen molar-refractivity contribution in [2.24, 2.45) is 0 Å². The van der Waals surface area contributed by atoms with Gasteiger partial charge in [0.1, 0.15) is 23.7 Å². The van der Waals surface area contributed by atoms with Crippen molar-refractivity contribution in [1.29, 1.82) is 0 Å². The van der Waals surface area contributed by atoms with Crippen molar-refractivity contribution in [2.75, 3.05) is 25.2 Å². The maximum absolute atomic E-state index is 13.3. The summed E-state index contributed by atoms with van der Waals surface area (Å²) >= 11 is 0. The Hall–Kier alpha value is -3.19. The molecule has 0 saturated heterocycles. The van der Waals surface area contributed by atoms with Crippen LogP contribution in [0.15, 0.2) is 65.4 Å². The number of aromatic nitrogens is 1. The number of furan rings is 1. The molecule has 1 amide bonds. The summed E-state index contributed by atoms with van der Waals surface area (Å²) in [7, 11) is 1.56. The van der Waals surface area contributed by atoms with Gasteiger partial charge in [0.25, 0.3) is 5.91 Å². The van der Waals surface area contributed by atoms with Crippen LogP contribution in [0.4, 0.5) is 10.1 Å². The summed E-state index contributed by atoms with van der Waals surface area (Å²) in [6, 6.07) is 12.5. The number of nitrogens with zero attached hydrogens (tertiary/aromatic N) is 2. The normalized spacial score (nSPS) is 10.6. The molecular formula is C20H19FN2O4. The number of benzene rings is 1. The molecule has 0 bridgehead atoms. The van der Waals surface area contributed by atoms with Crippen LogP contribution in [0.2, 0.25) is 0 Å². The van der Waals surface area contributed by atoms with Gasteiger partial charge >= 0.3 is 0 Å². The number of rotatable bonds is 8. The molecule has 0 aliphatic carbocycles. The topological polar surface area (TPSA) is 64.8 Å². The lowest BCUT2D eigenvalue weighted by atomic mass is 10.2. The number of ether oxygens (including phenoxy) is 2. The standard InChI is InChI=1S/C20H19FN2O4/c1-25-12-13-27-19-18(5-2-10-22-19)20(24)23(14-17-4-3-11-26-17)16-8-6-15(21)7-9-16/h2-11H,12-14H2,1H3. The Morgan fingerprint density at radius 1 is 1.15 bits per heavy atom. The molecular weight excluding hydrogens is 351 g/mol. The number of anilines is 1. The highest BCUT2D eigenvalue weighted by Crippen LogP contribution is 2.24. The van der Waals surface area contributed by atoms with Crippen LogP contribution in [0.3, 0.4) is 0 Å². The molecule has 140 valence electrons. The van der Waals surface area contributed by atoms with Crippen molar-refractivity contribution in [3.63, 3.8) is 0 Å². The van der Waals surface area contributed by atoms with Crippen LogP contribution in [0.25, 0.3) is 0 Å². The highest BCUT2D eigenvalue weighted by molar-refractivity contribution is 6.07. The molecule has 0 fully saturated rings. The highest BCUT2D eigenvalue weighted by atomic mass is 19.1. The zero-order chi connectivity index (χ0) is 19.1. The second kappa shape index (κ2) is 8.95. The molecule has 2 heterocycles. The molecule has 1 aromatic carbocycles. The van der Waals surface area contributed by atoms with Crippen LogP contribution in [0, 0.1) is 5.82 Å². The monoisotopic (exact) mass is 370 g/mol. The lowest BCUT2D eigenvalue weighted by Crippen LogP contribution is -2.31. The number of carbonyl (C=O) groups is 1. The first-order valence-corrected chi connectivity index (χ1v) is 8.35. The number of methoxy groups -OCH3 is 1. The Morgan fingerprint density at radius 2 is 1.96 bits per heavy atom. The Labute approximate surface area is 156 Å². The Bertz CT molecular complexity index is 866. The Balaban J connectivity index is 1.92. The third-order valence-electron chi connectivity index (χ3n) is 3.81. The average molecular weight is 370 g/mol. The molecule has 7 heteroatoms. The minimum absolute atomic E-state index is 0.184. The van der Waals surface area contributed by atoms with Crippen LogP contribution < -0.4 is 9.64 Å². The van der Waals surface area contributed by atoms with Gasteiger partial charge in [-0.15, -0.1) is 0 Å². The minimum Gasteiger partial charge on any atom is -0.475 e. The van der Waals surface area contributed by atoms with Crippen molar-refractivity contribution in [1.82, 2.24) is 4.98 Å². The van der Waals surface area contributed by atoms with E-state index in [0.717, 1.165) is 0 Å². The summed E-state index contributed by atoms with van der Waals surface area (Å²) in [5, 5.41) is 0. The fourth-order valence-corrected chi connectivity index (χ4v) is 2.50. The summed E-state index contributed by atoms with van der Waals surface area (Å²) in [5.41, 5.74) is 0.828. The number of hydrogen-bond donors (Lipinski definition) is 0. The largest absolute Gasteiger partial charge is 0.475 e. The van der Waals surface area contributed by atoms with E-state index < -0.39 is 0 Å². The van der Waals surface area contributed by atoms with Gasteiger partial charge in [0.15, 0.2) is 0 Å². The third kappa shape index (κ3) is 4.71. The van der Waals surface area contributed by atoms with Crippen molar-refractivity contribution in [2.45, 2.75) is 6.54 Å². The number of carbonyl (C=O) groups excluding carboxylic acids is 1. The number of pyridine rings is 1. The van der Waals surface area contributed by atoms with Gasteiger partial charge in [0.2, 0.25) is 5.88 Å². The fourth-order valence-electron chi connectivity index (χ4n) is 2.50. The van der Waals surface area contributed by atoms with E-state index in [2.05, 4.69) is 4.98 Å². The summed E-state index contributed by atoms with van der Waals surface area (Å²) in [5.74, 6) is 0.0946. The molecule has 0 aliphatic rings. The maximum atomic E-state index is 13.3. The van der Waals surface area contributed by atoms with Crippen molar-refractivity contribution >= 4 is 11.6 Å². The zero-order valence-corrected chi connectivity index (χ0v) is 14.8. The molecule has 6 nitrogen and oxygen atoms in total. The van der Waals surface area contributed by atoms with E-state index in [4.69, 9.17) is 13.9 Å². The molecule has 0 unspecified atom stereocenters. The van der Waals surface area contributed by atoms with Gasteiger partial charge in [0.05, 0.1) is 19.4 Å². The molecule has 0 saturated carbocycles. The van der Waals surface area contributed by atoms with Gasteiger partial charge in [-0.2, -0.15) is 0 Å². The van der Waals surface area contributed by atoms with Crippen LogP contribution in [-0.4, -0.2) is 31.2 Å². The first-order valence-electron chi connectivity index (χ1n) is 8.35. The van der Waals surface area contributed by atoms with Gasteiger partial charge in [-0.1, -0.05) is 0 Å². The molecule has 0 N–H and O–H groups in total. The van der Waals surface area contributed by atoms with Crippen LogP contribution >= 0.6 is 0 Å². The molecule has 0 atom stereocenters. The third-order valence-corrected chi connectivity index (χ3v) is 3.81. The van der Waals surface area contributed by atoms with E-state index in [1.165, 1.54) is 35.4 Å². The average Bonchev–Trinajstić information content (AvgIpc) is 3.20. The van der Waals surface area contributed by atoms with Gasteiger partial charge in [-0.3, -0.25) is 4.79 Å². The zero-order valence-electron chi connectivity index (χ0n) is 14.8. The fraction of sp³-hybridized carbons (Fsp3) is 0.200. The molecule has 0 spiro atoms. The van der Waals surface area contributed by atoms with E-state index in [9.17, 15) is 9.18 Å². The van der Waals surface area contributed by atoms with E-state index in [1.54, 1.807) is 37.6 Å². The van der Waals surface area contributed by atoms with Gasteiger partial charge in [-0.05, 0) is 48.5 Å². The van der Waals surface area contributed by atoms with Gasteiger partial charge in [0, 0.05) is 19.0 Å². The van der Waals surface area contributed by atoms with E-state index >= 15 is 0 Å². The summed E-state index contributed by atoms with van der Waals surface area (Å²) in [4.78, 5) is 18.9. The number of halogens is 1. The maximum Gasteiger partial charge on any atom is 0.264 e. The van der Waals surface area contributed by atoms with Crippen LogP contribution in [0.5, 0.6) is 5.88 Å². The Kier molecular flexibility index (Phi) is 6.17. The SMILES string of the molecule is COCCOc1ncccc1C(=O)N(Cc1ccco1)c1ccc(F)cc1. The van der Waals surface area contributed by atoms with Crippen molar-refractivity contribution in [3.8, 4) is 5.88 Å². The highest BCUT2D eigenvalue weighted by Gasteiger charge is 2.23. The lowest BCUT2D eigenvalue weighted by Gasteiger charge is -2.23. The lowest BCUT2D eigenvalue weighted by molar-refractivity contribution is 0.0973. The molecule has 3 aromatic rings. The number of hydrogen-bond acceptors (Lipinski definition) is 5. The Morgan fingerprint density at radius 3 is 2.67 bits per heavy atom. The smallest absolute Gasteiger partial charge is 0.264 e. The van der Waals surface area contributed by atoms with Crippen molar-refractivity contribution in [3.05, 3.63) is 78.1 Å². The number of amides is 1. The quantitative estimate of drug-likeness (QED) is 0.566. The first kappa shape index (κ1) is 18.6. The summed E-state index contributed by atoms with van der Waals surface area (Å²) < 4.78 is 29.2. The van der Waals surface area contributed by atoms with E-state index in [0.29, 0.717) is 23.6 Å². The minimum atomic E-state index is -0.380. The second-order valence-corrected chi connectivity index (χ2v) is 5.64. The molecule has 3 rings (SSSR count).